The van der Waals surface area contributed by atoms with Crippen molar-refractivity contribution in [3.8, 4) is 0 Å². The molecular formula is C18H22N4O3. The molecule has 0 unspecified atom stereocenters. The first kappa shape index (κ1) is 16.1. The van der Waals surface area contributed by atoms with Crippen molar-refractivity contribution < 1.29 is 14.1 Å². The summed E-state index contributed by atoms with van der Waals surface area (Å²) in [5.41, 5.74) is 1.80. The van der Waals surface area contributed by atoms with Gasteiger partial charge in [0.1, 0.15) is 6.10 Å². The van der Waals surface area contributed by atoms with Gasteiger partial charge in [0, 0.05) is 30.9 Å². The molecule has 0 aliphatic carbocycles. The van der Waals surface area contributed by atoms with E-state index in [1.165, 1.54) is 18.5 Å². The van der Waals surface area contributed by atoms with Gasteiger partial charge in [0.15, 0.2) is 5.82 Å². The first-order valence-electron chi connectivity index (χ1n) is 8.87. The largest absolute Gasteiger partial charge is 0.372 e. The summed E-state index contributed by atoms with van der Waals surface area (Å²) >= 11 is 0. The summed E-state index contributed by atoms with van der Waals surface area (Å²) in [5.74, 6) is 0.820. The molecule has 2 saturated heterocycles. The predicted molar refractivity (Wildman–Crippen MR) is 91.3 cm³/mol. The number of carbonyl (C=O) groups excluding carboxylic acids is 1. The van der Waals surface area contributed by atoms with Crippen LogP contribution in [0.1, 0.15) is 53.9 Å². The smallest absolute Gasteiger partial charge is 0.255 e. The summed E-state index contributed by atoms with van der Waals surface area (Å²) < 4.78 is 10.7. The SMILES string of the molecule is O=C(NCc1noc([C@@H]2CCCO2)n1)c1ccc(N2CCCC2)cc1. The average Bonchev–Trinajstić information content (AvgIpc) is 3.42. The summed E-state index contributed by atoms with van der Waals surface area (Å²) in [7, 11) is 0. The van der Waals surface area contributed by atoms with E-state index in [-0.39, 0.29) is 18.6 Å². The fourth-order valence-corrected chi connectivity index (χ4v) is 3.30. The molecular weight excluding hydrogens is 320 g/mol. The lowest BCUT2D eigenvalue weighted by atomic mass is 10.2. The molecule has 1 aromatic heterocycles. The highest BCUT2D eigenvalue weighted by molar-refractivity contribution is 5.94. The maximum Gasteiger partial charge on any atom is 0.255 e. The summed E-state index contributed by atoms with van der Waals surface area (Å²) in [6, 6.07) is 7.72. The van der Waals surface area contributed by atoms with Crippen molar-refractivity contribution >= 4 is 11.6 Å². The molecule has 0 saturated carbocycles. The van der Waals surface area contributed by atoms with Crippen molar-refractivity contribution in [2.24, 2.45) is 0 Å². The minimum Gasteiger partial charge on any atom is -0.372 e. The zero-order chi connectivity index (χ0) is 17.1. The Balaban J connectivity index is 1.32. The van der Waals surface area contributed by atoms with Crippen molar-refractivity contribution in [2.75, 3.05) is 24.6 Å². The summed E-state index contributed by atoms with van der Waals surface area (Å²) in [4.78, 5) is 18.9. The van der Waals surface area contributed by atoms with Gasteiger partial charge in [-0.1, -0.05) is 5.16 Å². The molecule has 2 aromatic rings. The lowest BCUT2D eigenvalue weighted by Gasteiger charge is -2.17. The van der Waals surface area contributed by atoms with Gasteiger partial charge >= 0.3 is 0 Å². The Morgan fingerprint density at radius 3 is 2.72 bits per heavy atom. The number of aromatic nitrogens is 2. The highest BCUT2D eigenvalue weighted by Gasteiger charge is 2.24. The summed E-state index contributed by atoms with van der Waals surface area (Å²) in [5, 5.41) is 6.74. The lowest BCUT2D eigenvalue weighted by Crippen LogP contribution is -2.23. The van der Waals surface area contributed by atoms with Gasteiger partial charge in [-0.25, -0.2) is 0 Å². The van der Waals surface area contributed by atoms with Crippen LogP contribution in [-0.2, 0) is 11.3 Å². The van der Waals surface area contributed by atoms with E-state index >= 15 is 0 Å². The molecule has 132 valence electrons. The highest BCUT2D eigenvalue weighted by Crippen LogP contribution is 2.26. The average molecular weight is 342 g/mol. The van der Waals surface area contributed by atoms with E-state index in [4.69, 9.17) is 9.26 Å². The number of hydrogen-bond acceptors (Lipinski definition) is 6. The zero-order valence-electron chi connectivity index (χ0n) is 14.1. The van der Waals surface area contributed by atoms with Crippen LogP contribution in [0.2, 0.25) is 0 Å². The Morgan fingerprint density at radius 2 is 2.00 bits per heavy atom. The molecule has 1 aromatic carbocycles. The zero-order valence-corrected chi connectivity index (χ0v) is 14.1. The number of ether oxygens (including phenoxy) is 1. The third kappa shape index (κ3) is 3.66. The normalized spacial score (nSPS) is 20.2. The van der Waals surface area contributed by atoms with E-state index in [1.54, 1.807) is 0 Å². The first-order chi connectivity index (χ1) is 12.3. The Hall–Kier alpha value is -2.41. The molecule has 0 radical (unpaired) electrons. The molecule has 2 fully saturated rings. The maximum absolute atomic E-state index is 12.3. The van der Waals surface area contributed by atoms with Crippen LogP contribution in [0, 0.1) is 0 Å². The van der Waals surface area contributed by atoms with Gasteiger partial charge < -0.3 is 19.5 Å². The second-order valence-corrected chi connectivity index (χ2v) is 6.47. The van der Waals surface area contributed by atoms with Crippen molar-refractivity contribution in [1.82, 2.24) is 15.5 Å². The monoisotopic (exact) mass is 342 g/mol. The fourth-order valence-electron chi connectivity index (χ4n) is 3.30. The van der Waals surface area contributed by atoms with Crippen LogP contribution in [0.3, 0.4) is 0 Å². The number of anilines is 1. The molecule has 4 rings (SSSR count). The Bertz CT molecular complexity index is 716. The van der Waals surface area contributed by atoms with E-state index in [0.29, 0.717) is 17.3 Å². The molecule has 0 spiro atoms. The van der Waals surface area contributed by atoms with Crippen molar-refractivity contribution in [1.29, 1.82) is 0 Å². The van der Waals surface area contributed by atoms with Crippen molar-refractivity contribution in [3.05, 3.63) is 41.5 Å². The molecule has 1 amide bonds. The van der Waals surface area contributed by atoms with Gasteiger partial charge in [-0.15, -0.1) is 0 Å². The Labute approximate surface area is 146 Å². The minimum atomic E-state index is -0.142. The lowest BCUT2D eigenvalue weighted by molar-refractivity contribution is 0.0835. The second kappa shape index (κ2) is 7.23. The molecule has 2 aliphatic heterocycles. The van der Waals surface area contributed by atoms with Crippen LogP contribution in [-0.4, -0.2) is 35.7 Å². The van der Waals surface area contributed by atoms with Gasteiger partial charge in [-0.2, -0.15) is 4.98 Å². The molecule has 7 heteroatoms. The third-order valence-corrected chi connectivity index (χ3v) is 4.70. The number of rotatable bonds is 5. The van der Waals surface area contributed by atoms with Gasteiger partial charge in [0.2, 0.25) is 0 Å². The number of carbonyl (C=O) groups is 1. The van der Waals surface area contributed by atoms with E-state index in [2.05, 4.69) is 20.4 Å². The molecule has 0 bridgehead atoms. The quantitative estimate of drug-likeness (QED) is 0.899. The highest BCUT2D eigenvalue weighted by atomic mass is 16.5. The van der Waals surface area contributed by atoms with E-state index < -0.39 is 0 Å². The van der Waals surface area contributed by atoms with Crippen LogP contribution in [0.15, 0.2) is 28.8 Å². The third-order valence-electron chi connectivity index (χ3n) is 4.70. The fraction of sp³-hybridized carbons (Fsp3) is 0.500. The second-order valence-electron chi connectivity index (χ2n) is 6.47. The molecule has 3 heterocycles. The van der Waals surface area contributed by atoms with Crippen LogP contribution < -0.4 is 10.2 Å². The number of hydrogen-bond donors (Lipinski definition) is 1. The summed E-state index contributed by atoms with van der Waals surface area (Å²) in [6.45, 7) is 3.16. The van der Waals surface area contributed by atoms with E-state index in [1.807, 2.05) is 24.3 Å². The van der Waals surface area contributed by atoms with Crippen LogP contribution in [0.5, 0.6) is 0 Å². The topological polar surface area (TPSA) is 80.5 Å². The standard InChI is InChI=1S/C18H22N4O3/c23-17(13-5-7-14(8-6-13)22-9-1-2-10-22)19-12-16-20-18(25-21-16)15-4-3-11-24-15/h5-8,15H,1-4,9-12H2,(H,19,23)/t15-/m0/s1. The number of nitrogens with zero attached hydrogens (tertiary/aromatic N) is 3. The van der Waals surface area contributed by atoms with Crippen molar-refractivity contribution in [2.45, 2.75) is 38.3 Å². The summed E-state index contributed by atoms with van der Waals surface area (Å²) in [6.07, 6.45) is 4.28. The Kier molecular flexibility index (Phi) is 4.65. The molecule has 7 nitrogen and oxygen atoms in total. The molecule has 2 aliphatic rings. The van der Waals surface area contributed by atoms with Gasteiger partial charge in [-0.05, 0) is 49.9 Å². The van der Waals surface area contributed by atoms with Gasteiger partial charge in [0.25, 0.3) is 11.8 Å². The molecule has 25 heavy (non-hydrogen) atoms. The van der Waals surface area contributed by atoms with Crippen molar-refractivity contribution in [3.63, 3.8) is 0 Å². The van der Waals surface area contributed by atoms with Gasteiger partial charge in [-0.3, -0.25) is 4.79 Å². The molecule has 1 N–H and O–H groups in total. The number of nitrogens with one attached hydrogen (secondary N) is 1. The minimum absolute atomic E-state index is 0.102. The number of amides is 1. The van der Waals surface area contributed by atoms with Gasteiger partial charge in [0.05, 0.1) is 6.54 Å². The predicted octanol–water partition coefficient (Wildman–Crippen LogP) is 2.45. The number of benzene rings is 1. The van der Waals surface area contributed by atoms with Crippen LogP contribution in [0.4, 0.5) is 5.69 Å². The van der Waals surface area contributed by atoms with Crippen LogP contribution in [0.25, 0.3) is 0 Å². The Morgan fingerprint density at radius 1 is 1.20 bits per heavy atom. The molecule has 1 atom stereocenters. The van der Waals surface area contributed by atoms with E-state index in [0.717, 1.165) is 32.5 Å². The maximum atomic E-state index is 12.3. The van der Waals surface area contributed by atoms with Crippen LogP contribution >= 0.6 is 0 Å². The van der Waals surface area contributed by atoms with E-state index in [9.17, 15) is 4.79 Å². The first-order valence-corrected chi connectivity index (χ1v) is 8.87.